The second kappa shape index (κ2) is 5.46. The minimum Gasteiger partial charge on any atom is -0.476 e. The SMILES string of the molecule is CCOC(=O)Cc1c(C)nc2cc(C(=O)O)nn2c1Cl. The lowest BCUT2D eigenvalue weighted by molar-refractivity contribution is -0.142. The summed E-state index contributed by atoms with van der Waals surface area (Å²) in [6.07, 6.45) is -0.0380. The predicted molar refractivity (Wildman–Crippen MR) is 70.0 cm³/mol. The molecule has 0 aliphatic rings. The molecule has 0 saturated heterocycles. The average Bonchev–Trinajstić information content (AvgIpc) is 2.79. The van der Waals surface area contributed by atoms with Crippen LogP contribution >= 0.6 is 11.6 Å². The van der Waals surface area contributed by atoms with E-state index in [2.05, 4.69) is 10.1 Å². The van der Waals surface area contributed by atoms with Gasteiger partial charge in [-0.25, -0.2) is 14.3 Å². The molecule has 0 amide bonds. The Balaban J connectivity index is 2.50. The van der Waals surface area contributed by atoms with Crippen LogP contribution in [0.25, 0.3) is 5.65 Å². The molecule has 0 aliphatic heterocycles. The van der Waals surface area contributed by atoms with Crippen molar-refractivity contribution in [2.75, 3.05) is 6.61 Å². The van der Waals surface area contributed by atoms with Gasteiger partial charge in [0.2, 0.25) is 0 Å². The highest BCUT2D eigenvalue weighted by Crippen LogP contribution is 2.21. The highest BCUT2D eigenvalue weighted by atomic mass is 35.5. The van der Waals surface area contributed by atoms with Crippen LogP contribution in [0, 0.1) is 6.92 Å². The van der Waals surface area contributed by atoms with Crippen molar-refractivity contribution >= 4 is 29.2 Å². The van der Waals surface area contributed by atoms with Gasteiger partial charge in [0.05, 0.1) is 13.0 Å². The molecule has 0 bridgehead atoms. The first-order valence-corrected chi connectivity index (χ1v) is 6.25. The Kier molecular flexibility index (Phi) is 3.89. The molecule has 2 rings (SSSR count). The maximum atomic E-state index is 11.5. The number of aryl methyl sites for hydroxylation is 1. The summed E-state index contributed by atoms with van der Waals surface area (Å²) in [6, 6.07) is 1.31. The van der Waals surface area contributed by atoms with E-state index >= 15 is 0 Å². The number of carbonyl (C=O) groups is 2. The number of hydrogen-bond acceptors (Lipinski definition) is 5. The molecule has 20 heavy (non-hydrogen) atoms. The Morgan fingerprint density at radius 2 is 2.20 bits per heavy atom. The number of hydrogen-bond donors (Lipinski definition) is 1. The normalized spacial score (nSPS) is 10.8. The lowest BCUT2D eigenvalue weighted by Gasteiger charge is -2.08. The predicted octanol–water partition coefficient (Wildman–Crippen LogP) is 1.49. The summed E-state index contributed by atoms with van der Waals surface area (Å²) in [5.74, 6) is -1.60. The average molecular weight is 298 g/mol. The third kappa shape index (κ3) is 2.57. The summed E-state index contributed by atoms with van der Waals surface area (Å²) in [6.45, 7) is 3.67. The lowest BCUT2D eigenvalue weighted by atomic mass is 10.2. The van der Waals surface area contributed by atoms with Gasteiger partial charge in [-0.3, -0.25) is 4.79 Å². The molecule has 2 aromatic heterocycles. The minimum atomic E-state index is -1.17. The fourth-order valence-corrected chi connectivity index (χ4v) is 2.10. The van der Waals surface area contributed by atoms with Crippen LogP contribution in [-0.4, -0.2) is 38.3 Å². The van der Waals surface area contributed by atoms with Gasteiger partial charge in [0.1, 0.15) is 5.15 Å². The molecule has 0 unspecified atom stereocenters. The molecular weight excluding hydrogens is 286 g/mol. The third-order valence-electron chi connectivity index (χ3n) is 2.69. The van der Waals surface area contributed by atoms with Crippen LogP contribution < -0.4 is 0 Å². The molecule has 0 aliphatic carbocycles. The molecule has 106 valence electrons. The van der Waals surface area contributed by atoms with Crippen LogP contribution in [-0.2, 0) is 16.0 Å². The Hall–Kier alpha value is -2.15. The van der Waals surface area contributed by atoms with Crippen molar-refractivity contribution in [1.82, 2.24) is 14.6 Å². The Morgan fingerprint density at radius 1 is 1.50 bits per heavy atom. The topological polar surface area (TPSA) is 93.8 Å². The maximum Gasteiger partial charge on any atom is 0.356 e. The Labute approximate surface area is 119 Å². The number of halogens is 1. The van der Waals surface area contributed by atoms with E-state index in [0.717, 1.165) is 0 Å². The van der Waals surface area contributed by atoms with Crippen molar-refractivity contribution in [2.45, 2.75) is 20.3 Å². The van der Waals surface area contributed by atoms with E-state index in [1.807, 2.05) is 0 Å². The molecule has 0 aromatic carbocycles. The van der Waals surface area contributed by atoms with Gasteiger partial charge >= 0.3 is 11.9 Å². The maximum absolute atomic E-state index is 11.5. The summed E-state index contributed by atoms with van der Waals surface area (Å²) in [5.41, 5.74) is 1.16. The molecule has 2 heterocycles. The zero-order valence-electron chi connectivity index (χ0n) is 10.9. The number of carboxylic acid groups (broad SMARTS) is 1. The highest BCUT2D eigenvalue weighted by Gasteiger charge is 2.18. The van der Waals surface area contributed by atoms with Gasteiger partial charge in [0, 0.05) is 17.3 Å². The molecule has 0 atom stereocenters. The molecule has 2 aromatic rings. The molecule has 0 fully saturated rings. The van der Waals surface area contributed by atoms with Gasteiger partial charge in [-0.15, -0.1) is 0 Å². The summed E-state index contributed by atoms with van der Waals surface area (Å²) in [5, 5.41) is 12.9. The van der Waals surface area contributed by atoms with E-state index in [1.165, 1.54) is 10.6 Å². The number of rotatable bonds is 4. The standard InChI is InChI=1S/C12H12ClN3O4/c1-3-20-10(17)4-7-6(2)14-9-5-8(12(18)19)15-16(9)11(7)13/h5H,3-4H2,1-2H3,(H,18,19). The van der Waals surface area contributed by atoms with E-state index < -0.39 is 11.9 Å². The van der Waals surface area contributed by atoms with Crippen LogP contribution in [0.1, 0.15) is 28.7 Å². The van der Waals surface area contributed by atoms with E-state index in [1.54, 1.807) is 13.8 Å². The number of carboxylic acids is 1. The summed E-state index contributed by atoms with van der Waals surface area (Å²) < 4.78 is 6.06. The molecule has 0 saturated carbocycles. The van der Waals surface area contributed by atoms with Crippen molar-refractivity contribution in [3.63, 3.8) is 0 Å². The van der Waals surface area contributed by atoms with Crippen LogP contribution in [0.4, 0.5) is 0 Å². The first-order chi connectivity index (χ1) is 9.43. The van der Waals surface area contributed by atoms with Crippen molar-refractivity contribution < 1.29 is 19.4 Å². The molecule has 1 N–H and O–H groups in total. The Morgan fingerprint density at radius 3 is 2.80 bits per heavy atom. The van der Waals surface area contributed by atoms with Gasteiger partial charge in [0.15, 0.2) is 11.3 Å². The van der Waals surface area contributed by atoms with Crippen LogP contribution in [0.3, 0.4) is 0 Å². The van der Waals surface area contributed by atoms with Gasteiger partial charge in [0.25, 0.3) is 0 Å². The molecule has 7 nitrogen and oxygen atoms in total. The zero-order chi connectivity index (χ0) is 14.9. The second-order valence-electron chi connectivity index (χ2n) is 4.05. The van der Waals surface area contributed by atoms with E-state index in [0.29, 0.717) is 16.9 Å². The number of fused-ring (bicyclic) bond motifs is 1. The fourth-order valence-electron chi connectivity index (χ4n) is 1.77. The van der Waals surface area contributed by atoms with Crippen molar-refractivity contribution in [1.29, 1.82) is 0 Å². The number of esters is 1. The quantitative estimate of drug-likeness (QED) is 0.679. The largest absolute Gasteiger partial charge is 0.476 e. The third-order valence-corrected chi connectivity index (χ3v) is 3.08. The highest BCUT2D eigenvalue weighted by molar-refractivity contribution is 6.30. The molecule has 8 heteroatoms. The van der Waals surface area contributed by atoms with E-state index in [9.17, 15) is 9.59 Å². The zero-order valence-corrected chi connectivity index (χ0v) is 11.6. The smallest absolute Gasteiger partial charge is 0.356 e. The van der Waals surface area contributed by atoms with Gasteiger partial charge in [-0.05, 0) is 13.8 Å². The first kappa shape index (κ1) is 14.3. The van der Waals surface area contributed by atoms with Gasteiger partial charge in [-0.1, -0.05) is 11.6 Å². The molecule has 0 spiro atoms. The summed E-state index contributed by atoms with van der Waals surface area (Å²) in [7, 11) is 0. The molecule has 0 radical (unpaired) electrons. The second-order valence-corrected chi connectivity index (χ2v) is 4.41. The number of aromatic nitrogens is 3. The van der Waals surface area contributed by atoms with Crippen LogP contribution in [0.15, 0.2) is 6.07 Å². The van der Waals surface area contributed by atoms with Crippen LogP contribution in [0.2, 0.25) is 5.15 Å². The number of nitrogens with zero attached hydrogens (tertiary/aromatic N) is 3. The van der Waals surface area contributed by atoms with Crippen molar-refractivity contribution in [2.24, 2.45) is 0 Å². The lowest BCUT2D eigenvalue weighted by Crippen LogP contribution is -2.12. The van der Waals surface area contributed by atoms with Gasteiger partial charge < -0.3 is 9.84 Å². The molecular formula is C12H12ClN3O4. The fraction of sp³-hybridized carbons (Fsp3) is 0.333. The van der Waals surface area contributed by atoms with Crippen molar-refractivity contribution in [3.05, 3.63) is 28.2 Å². The number of carbonyl (C=O) groups excluding carboxylic acids is 1. The van der Waals surface area contributed by atoms with Crippen molar-refractivity contribution in [3.8, 4) is 0 Å². The minimum absolute atomic E-state index is 0.0380. The summed E-state index contributed by atoms with van der Waals surface area (Å²) in [4.78, 5) is 26.6. The first-order valence-electron chi connectivity index (χ1n) is 5.87. The number of aromatic carboxylic acids is 1. The Bertz CT molecular complexity index is 696. The van der Waals surface area contributed by atoms with Gasteiger partial charge in [-0.2, -0.15) is 5.10 Å². The van der Waals surface area contributed by atoms with Crippen LogP contribution in [0.5, 0.6) is 0 Å². The monoisotopic (exact) mass is 297 g/mol. The van der Waals surface area contributed by atoms with E-state index in [-0.39, 0.29) is 23.9 Å². The number of ether oxygens (including phenoxy) is 1. The summed E-state index contributed by atoms with van der Waals surface area (Å²) >= 11 is 6.17. The van der Waals surface area contributed by atoms with E-state index in [4.69, 9.17) is 21.4 Å².